The van der Waals surface area contributed by atoms with E-state index in [9.17, 15) is 19.8 Å². The third-order valence-electron chi connectivity index (χ3n) is 6.00. The molecule has 0 saturated heterocycles. The van der Waals surface area contributed by atoms with E-state index in [2.05, 4.69) is 6.92 Å². The monoisotopic (exact) mass is 416 g/mol. The molecule has 0 amide bonds. The number of rotatable bonds is 12. The van der Waals surface area contributed by atoms with Crippen molar-refractivity contribution < 1.29 is 24.5 Å². The highest BCUT2D eigenvalue weighted by Crippen LogP contribution is 2.34. The Morgan fingerprint density at radius 2 is 1.97 bits per heavy atom. The predicted molar refractivity (Wildman–Crippen MR) is 117 cm³/mol. The van der Waals surface area contributed by atoms with Crippen LogP contribution < -0.4 is 0 Å². The number of aliphatic hydroxyl groups excluding tert-OH is 2. The molecule has 2 N–H and O–H groups in total. The lowest BCUT2D eigenvalue weighted by atomic mass is 9.85. The van der Waals surface area contributed by atoms with E-state index in [4.69, 9.17) is 4.74 Å². The Morgan fingerprint density at radius 1 is 1.23 bits per heavy atom. The maximum Gasteiger partial charge on any atom is 0.305 e. The van der Waals surface area contributed by atoms with Crippen molar-refractivity contribution in [2.75, 3.05) is 7.11 Å². The molecule has 2 rings (SSSR count). The lowest BCUT2D eigenvalue weighted by Gasteiger charge is -2.20. The fourth-order valence-electron chi connectivity index (χ4n) is 4.21. The van der Waals surface area contributed by atoms with Gasteiger partial charge in [0.05, 0.1) is 19.3 Å². The summed E-state index contributed by atoms with van der Waals surface area (Å²) in [6.07, 6.45) is 8.74. The average Bonchev–Trinajstić information content (AvgIpc) is 3.00. The van der Waals surface area contributed by atoms with Crippen LogP contribution in [-0.2, 0) is 27.2 Å². The molecule has 1 aromatic carbocycles. The molecule has 0 radical (unpaired) electrons. The summed E-state index contributed by atoms with van der Waals surface area (Å²) in [6.45, 7) is 2.13. The van der Waals surface area contributed by atoms with Gasteiger partial charge in [0, 0.05) is 24.7 Å². The summed E-state index contributed by atoms with van der Waals surface area (Å²) in [7, 11) is 1.39. The van der Waals surface area contributed by atoms with E-state index in [0.717, 1.165) is 36.8 Å². The number of benzene rings is 1. The molecule has 166 valence electrons. The van der Waals surface area contributed by atoms with E-state index in [1.165, 1.54) is 7.11 Å². The van der Waals surface area contributed by atoms with Crippen molar-refractivity contribution in [3.8, 4) is 0 Å². The Labute approximate surface area is 180 Å². The van der Waals surface area contributed by atoms with Crippen LogP contribution in [0.3, 0.4) is 0 Å². The van der Waals surface area contributed by atoms with Crippen LogP contribution in [0.15, 0.2) is 36.4 Å². The number of carbonyl (C=O) groups excluding carboxylic acids is 2. The van der Waals surface area contributed by atoms with Crippen LogP contribution in [-0.4, -0.2) is 41.3 Å². The van der Waals surface area contributed by atoms with Crippen LogP contribution in [0.2, 0.25) is 0 Å². The van der Waals surface area contributed by atoms with Gasteiger partial charge in [-0.15, -0.1) is 0 Å². The van der Waals surface area contributed by atoms with Gasteiger partial charge >= 0.3 is 5.97 Å². The molecule has 1 fully saturated rings. The van der Waals surface area contributed by atoms with Gasteiger partial charge in [0.15, 0.2) is 0 Å². The molecular formula is C25H36O5. The zero-order valence-corrected chi connectivity index (χ0v) is 18.3. The SMILES string of the molecule is CCCCC[C@H](O)/C=C/[C@@H]1[C@@H](O)CC(=O)[C@@H]1Cc1ccccc1CCCC(=O)OC. The van der Waals surface area contributed by atoms with E-state index >= 15 is 0 Å². The Bertz CT molecular complexity index is 711. The number of ketones is 1. The van der Waals surface area contributed by atoms with Crippen molar-refractivity contribution in [1.82, 2.24) is 0 Å². The number of Topliss-reactive ketones (excluding diaryl/α,β-unsaturated/α-hetero) is 1. The van der Waals surface area contributed by atoms with E-state index in [1.807, 2.05) is 30.3 Å². The van der Waals surface area contributed by atoms with Crippen molar-refractivity contribution in [2.45, 2.75) is 76.9 Å². The third kappa shape index (κ3) is 7.37. The Kier molecular flexibility index (Phi) is 10.2. The molecule has 1 aliphatic carbocycles. The zero-order valence-electron chi connectivity index (χ0n) is 18.3. The van der Waals surface area contributed by atoms with Crippen LogP contribution in [0, 0.1) is 11.8 Å². The van der Waals surface area contributed by atoms with Gasteiger partial charge < -0.3 is 14.9 Å². The summed E-state index contributed by atoms with van der Waals surface area (Å²) in [6, 6.07) is 7.97. The first-order valence-electron chi connectivity index (χ1n) is 11.2. The van der Waals surface area contributed by atoms with Crippen molar-refractivity contribution >= 4 is 11.8 Å². The van der Waals surface area contributed by atoms with E-state index in [1.54, 1.807) is 6.08 Å². The lowest BCUT2D eigenvalue weighted by molar-refractivity contribution is -0.140. The molecule has 5 nitrogen and oxygen atoms in total. The van der Waals surface area contributed by atoms with Crippen molar-refractivity contribution in [3.63, 3.8) is 0 Å². The van der Waals surface area contributed by atoms with Crippen LogP contribution in [0.25, 0.3) is 0 Å². The van der Waals surface area contributed by atoms with Crippen LogP contribution in [0.1, 0.15) is 63.0 Å². The summed E-state index contributed by atoms with van der Waals surface area (Å²) in [4.78, 5) is 24.0. The smallest absolute Gasteiger partial charge is 0.305 e. The van der Waals surface area contributed by atoms with Gasteiger partial charge in [-0.2, -0.15) is 0 Å². The van der Waals surface area contributed by atoms with Gasteiger partial charge in [-0.1, -0.05) is 62.6 Å². The van der Waals surface area contributed by atoms with Gasteiger partial charge in [-0.05, 0) is 36.8 Å². The number of aryl methyl sites for hydroxylation is 1. The molecule has 30 heavy (non-hydrogen) atoms. The van der Waals surface area contributed by atoms with Gasteiger partial charge in [0.2, 0.25) is 0 Å². The number of ether oxygens (including phenoxy) is 1. The molecule has 1 aromatic rings. The van der Waals surface area contributed by atoms with Crippen LogP contribution >= 0.6 is 0 Å². The van der Waals surface area contributed by atoms with Crippen molar-refractivity contribution in [1.29, 1.82) is 0 Å². The summed E-state index contributed by atoms with van der Waals surface area (Å²) in [5.41, 5.74) is 2.20. The molecule has 0 heterocycles. The molecule has 1 saturated carbocycles. The number of esters is 1. The van der Waals surface area contributed by atoms with E-state index in [0.29, 0.717) is 25.7 Å². The number of carbonyl (C=O) groups is 2. The Morgan fingerprint density at radius 3 is 2.67 bits per heavy atom. The van der Waals surface area contributed by atoms with Gasteiger partial charge in [0.25, 0.3) is 0 Å². The minimum absolute atomic E-state index is 0.0713. The normalized spacial score (nSPS) is 22.5. The molecule has 5 heteroatoms. The van der Waals surface area contributed by atoms with Gasteiger partial charge in [-0.3, -0.25) is 9.59 Å². The maximum atomic E-state index is 12.6. The topological polar surface area (TPSA) is 83.8 Å². The second kappa shape index (κ2) is 12.7. The number of methoxy groups -OCH3 is 1. The minimum Gasteiger partial charge on any atom is -0.469 e. The molecule has 0 spiro atoms. The van der Waals surface area contributed by atoms with Crippen molar-refractivity contribution in [2.24, 2.45) is 11.8 Å². The number of hydrogen-bond donors (Lipinski definition) is 2. The predicted octanol–water partition coefficient (Wildman–Crippen LogP) is 3.79. The first kappa shape index (κ1) is 24.3. The molecule has 0 unspecified atom stereocenters. The van der Waals surface area contributed by atoms with Crippen LogP contribution in [0.4, 0.5) is 0 Å². The Balaban J connectivity index is 2.04. The van der Waals surface area contributed by atoms with Gasteiger partial charge in [0.1, 0.15) is 5.78 Å². The molecule has 4 atom stereocenters. The number of unbranched alkanes of at least 4 members (excludes halogenated alkanes) is 2. The largest absolute Gasteiger partial charge is 0.469 e. The van der Waals surface area contributed by atoms with Crippen molar-refractivity contribution in [3.05, 3.63) is 47.5 Å². The molecule has 0 aliphatic heterocycles. The molecular weight excluding hydrogens is 380 g/mol. The second-order valence-electron chi connectivity index (χ2n) is 8.27. The Hall–Kier alpha value is -1.98. The molecule has 0 bridgehead atoms. The van der Waals surface area contributed by atoms with Crippen LogP contribution in [0.5, 0.6) is 0 Å². The first-order chi connectivity index (χ1) is 14.5. The highest BCUT2D eigenvalue weighted by molar-refractivity contribution is 5.85. The average molecular weight is 417 g/mol. The maximum absolute atomic E-state index is 12.6. The fraction of sp³-hybridized carbons (Fsp3) is 0.600. The summed E-state index contributed by atoms with van der Waals surface area (Å²) >= 11 is 0. The third-order valence-corrected chi connectivity index (χ3v) is 6.00. The molecule has 0 aromatic heterocycles. The minimum atomic E-state index is -0.701. The summed E-state index contributed by atoms with van der Waals surface area (Å²) in [5.74, 6) is -0.714. The van der Waals surface area contributed by atoms with E-state index in [-0.39, 0.29) is 30.0 Å². The molecule has 1 aliphatic rings. The quantitative estimate of drug-likeness (QED) is 0.308. The zero-order chi connectivity index (χ0) is 21.9. The second-order valence-corrected chi connectivity index (χ2v) is 8.27. The summed E-state index contributed by atoms with van der Waals surface area (Å²) < 4.78 is 4.70. The highest BCUT2D eigenvalue weighted by atomic mass is 16.5. The van der Waals surface area contributed by atoms with Gasteiger partial charge in [-0.25, -0.2) is 0 Å². The van der Waals surface area contributed by atoms with E-state index < -0.39 is 12.2 Å². The number of hydrogen-bond acceptors (Lipinski definition) is 5. The lowest BCUT2D eigenvalue weighted by Crippen LogP contribution is -2.21. The highest BCUT2D eigenvalue weighted by Gasteiger charge is 2.40. The first-order valence-corrected chi connectivity index (χ1v) is 11.2. The fourth-order valence-corrected chi connectivity index (χ4v) is 4.21. The standard InChI is InChI=1S/C25H36O5/c1-3-4-5-12-20(26)14-15-21-22(24(28)17-23(21)27)16-19-10-7-6-9-18(19)11-8-13-25(29)30-2/h6-7,9-10,14-15,20-23,26-27H,3-5,8,11-13,16-17H2,1-2H3/b15-14+/t20-,21-,22+,23-/m0/s1. The number of aliphatic hydroxyl groups is 2. The summed E-state index contributed by atoms with van der Waals surface area (Å²) in [5, 5.41) is 20.6.